The van der Waals surface area contributed by atoms with Crippen LogP contribution < -0.4 is 10.7 Å². The molecule has 0 aliphatic rings. The monoisotopic (exact) mass is 303 g/mol. The van der Waals surface area contributed by atoms with E-state index in [2.05, 4.69) is 10.4 Å². The molecule has 0 aliphatic carbocycles. The van der Waals surface area contributed by atoms with E-state index < -0.39 is 23.4 Å². The highest BCUT2D eigenvalue weighted by Gasteiger charge is 2.12. The van der Waals surface area contributed by atoms with Crippen LogP contribution in [0, 0.1) is 11.6 Å². The molecule has 2 amide bonds. The van der Waals surface area contributed by atoms with Crippen molar-refractivity contribution in [2.24, 2.45) is 5.10 Å². The number of anilines is 1. The third-order valence-electron chi connectivity index (χ3n) is 2.58. The van der Waals surface area contributed by atoms with Crippen LogP contribution in [0.1, 0.15) is 5.56 Å². The number of nitrogens with one attached hydrogen (secondary N) is 2. The summed E-state index contributed by atoms with van der Waals surface area (Å²) in [6.07, 6.45) is 1.08. The second-order valence-electron chi connectivity index (χ2n) is 4.18. The van der Waals surface area contributed by atoms with Gasteiger partial charge in [-0.3, -0.25) is 9.59 Å². The zero-order chi connectivity index (χ0) is 15.9. The Balaban J connectivity index is 1.90. The molecule has 2 rings (SSSR count). The summed E-state index contributed by atoms with van der Waals surface area (Å²) in [5, 5.41) is 5.76. The second-order valence-corrected chi connectivity index (χ2v) is 4.18. The standard InChI is InChI=1S/C15H11F2N3O2/c16-11-5-7-12(8-6-11)19-14(21)15(22)20-18-9-10-3-1-2-4-13(10)17/h1-9H,(H,19,21)(H,20,22)/b18-9+. The van der Waals surface area contributed by atoms with Crippen LogP contribution in [0.4, 0.5) is 14.5 Å². The van der Waals surface area contributed by atoms with E-state index in [9.17, 15) is 18.4 Å². The molecule has 2 aromatic carbocycles. The molecule has 0 saturated heterocycles. The number of carbonyl (C=O) groups excluding carboxylic acids is 2. The summed E-state index contributed by atoms with van der Waals surface area (Å²) >= 11 is 0. The minimum Gasteiger partial charge on any atom is -0.318 e. The van der Waals surface area contributed by atoms with Gasteiger partial charge in [0.25, 0.3) is 0 Å². The second kappa shape index (κ2) is 7.07. The highest BCUT2D eigenvalue weighted by Crippen LogP contribution is 2.07. The minimum absolute atomic E-state index is 0.168. The molecule has 0 fully saturated rings. The van der Waals surface area contributed by atoms with Crippen LogP contribution in [-0.2, 0) is 9.59 Å². The molecule has 0 atom stereocenters. The van der Waals surface area contributed by atoms with Gasteiger partial charge in [0.15, 0.2) is 0 Å². The van der Waals surface area contributed by atoms with Gasteiger partial charge in [0, 0.05) is 11.3 Å². The number of carbonyl (C=O) groups is 2. The van der Waals surface area contributed by atoms with Gasteiger partial charge in [-0.1, -0.05) is 18.2 Å². The van der Waals surface area contributed by atoms with Crippen LogP contribution in [0.2, 0.25) is 0 Å². The topological polar surface area (TPSA) is 70.6 Å². The van der Waals surface area contributed by atoms with Crippen molar-refractivity contribution in [3.05, 3.63) is 65.7 Å². The molecule has 112 valence electrons. The normalized spacial score (nSPS) is 10.5. The highest BCUT2D eigenvalue weighted by atomic mass is 19.1. The summed E-state index contributed by atoms with van der Waals surface area (Å²) in [7, 11) is 0. The van der Waals surface area contributed by atoms with Gasteiger partial charge in [0.2, 0.25) is 0 Å². The Morgan fingerprint density at radius 2 is 1.64 bits per heavy atom. The smallest absolute Gasteiger partial charge is 0.318 e. The van der Waals surface area contributed by atoms with Gasteiger partial charge in [-0.25, -0.2) is 14.2 Å². The van der Waals surface area contributed by atoms with E-state index in [-0.39, 0.29) is 11.3 Å². The quantitative estimate of drug-likeness (QED) is 0.517. The molecule has 2 aromatic rings. The fourth-order valence-corrected chi connectivity index (χ4v) is 1.51. The van der Waals surface area contributed by atoms with Crippen molar-refractivity contribution in [3.63, 3.8) is 0 Å². The maximum absolute atomic E-state index is 13.3. The molecule has 2 N–H and O–H groups in total. The van der Waals surface area contributed by atoms with Crippen LogP contribution in [0.25, 0.3) is 0 Å². The lowest BCUT2D eigenvalue weighted by Crippen LogP contribution is -2.32. The van der Waals surface area contributed by atoms with E-state index in [4.69, 9.17) is 0 Å². The first-order valence-electron chi connectivity index (χ1n) is 6.21. The largest absolute Gasteiger partial charge is 0.329 e. The molecule has 0 aromatic heterocycles. The summed E-state index contributed by atoms with van der Waals surface area (Å²) in [4.78, 5) is 23.0. The van der Waals surface area contributed by atoms with E-state index in [0.29, 0.717) is 0 Å². The van der Waals surface area contributed by atoms with Crippen LogP contribution >= 0.6 is 0 Å². The molecule has 0 spiro atoms. The molecule has 7 heteroatoms. The Labute approximate surface area is 124 Å². The van der Waals surface area contributed by atoms with Gasteiger partial charge in [-0.2, -0.15) is 5.10 Å². The number of benzene rings is 2. The van der Waals surface area contributed by atoms with Gasteiger partial charge in [-0.05, 0) is 30.3 Å². The number of amides is 2. The molecule has 0 bridgehead atoms. The first kappa shape index (κ1) is 15.3. The zero-order valence-electron chi connectivity index (χ0n) is 11.2. The zero-order valence-corrected chi connectivity index (χ0v) is 11.2. The molecular weight excluding hydrogens is 292 g/mol. The third kappa shape index (κ3) is 4.20. The number of hydrogen-bond donors (Lipinski definition) is 2. The van der Waals surface area contributed by atoms with Crippen LogP contribution in [0.5, 0.6) is 0 Å². The number of rotatable bonds is 3. The van der Waals surface area contributed by atoms with Crippen LogP contribution in [0.15, 0.2) is 53.6 Å². The molecular formula is C15H11F2N3O2. The maximum Gasteiger partial charge on any atom is 0.329 e. The number of hydrazone groups is 1. The Kier molecular flexibility index (Phi) is 4.92. The van der Waals surface area contributed by atoms with E-state index >= 15 is 0 Å². The Hall–Kier alpha value is -3.09. The van der Waals surface area contributed by atoms with Gasteiger partial charge >= 0.3 is 11.8 Å². The fraction of sp³-hybridized carbons (Fsp3) is 0. The number of hydrogen-bond acceptors (Lipinski definition) is 3. The Morgan fingerprint density at radius 3 is 2.32 bits per heavy atom. The van der Waals surface area contributed by atoms with Gasteiger partial charge < -0.3 is 5.32 Å². The number of nitrogens with zero attached hydrogens (tertiary/aromatic N) is 1. The molecule has 0 heterocycles. The maximum atomic E-state index is 13.3. The van der Waals surface area contributed by atoms with Gasteiger partial charge in [-0.15, -0.1) is 0 Å². The van der Waals surface area contributed by atoms with Crippen LogP contribution in [-0.4, -0.2) is 18.0 Å². The SMILES string of the molecule is O=C(N/N=C/c1ccccc1F)C(=O)Nc1ccc(F)cc1. The van der Waals surface area contributed by atoms with E-state index in [0.717, 1.165) is 18.3 Å². The van der Waals surface area contributed by atoms with Crippen LogP contribution in [0.3, 0.4) is 0 Å². The molecule has 5 nitrogen and oxygen atoms in total. The number of halogens is 2. The van der Waals surface area contributed by atoms with Crippen molar-refractivity contribution in [1.82, 2.24) is 5.43 Å². The first-order valence-corrected chi connectivity index (χ1v) is 6.21. The lowest BCUT2D eigenvalue weighted by molar-refractivity contribution is -0.136. The summed E-state index contributed by atoms with van der Waals surface area (Å²) in [6.45, 7) is 0. The van der Waals surface area contributed by atoms with Crippen molar-refractivity contribution >= 4 is 23.7 Å². The Bertz CT molecular complexity index is 715. The van der Waals surface area contributed by atoms with E-state index in [1.165, 1.54) is 30.3 Å². The van der Waals surface area contributed by atoms with E-state index in [1.54, 1.807) is 6.07 Å². The van der Waals surface area contributed by atoms with Gasteiger partial charge in [0.1, 0.15) is 11.6 Å². The van der Waals surface area contributed by atoms with Crippen molar-refractivity contribution < 1.29 is 18.4 Å². The van der Waals surface area contributed by atoms with Crippen molar-refractivity contribution in [3.8, 4) is 0 Å². The summed E-state index contributed by atoms with van der Waals surface area (Å²) < 4.78 is 26.0. The Morgan fingerprint density at radius 1 is 0.955 bits per heavy atom. The molecule has 0 aliphatic heterocycles. The lowest BCUT2D eigenvalue weighted by atomic mass is 10.2. The summed E-state index contributed by atoms with van der Waals surface area (Å²) in [6, 6.07) is 10.7. The summed E-state index contributed by atoms with van der Waals surface area (Å²) in [5.74, 6) is -2.97. The highest BCUT2D eigenvalue weighted by molar-refractivity contribution is 6.39. The minimum atomic E-state index is -1.03. The third-order valence-corrected chi connectivity index (χ3v) is 2.58. The van der Waals surface area contributed by atoms with Crippen molar-refractivity contribution in [2.75, 3.05) is 5.32 Å². The molecule has 0 radical (unpaired) electrons. The predicted molar refractivity (Wildman–Crippen MR) is 77.2 cm³/mol. The molecule has 0 unspecified atom stereocenters. The predicted octanol–water partition coefficient (Wildman–Crippen LogP) is 2.05. The molecule has 22 heavy (non-hydrogen) atoms. The average molecular weight is 303 g/mol. The van der Waals surface area contributed by atoms with E-state index in [1.807, 2.05) is 5.43 Å². The molecule has 0 saturated carbocycles. The fourth-order valence-electron chi connectivity index (χ4n) is 1.51. The lowest BCUT2D eigenvalue weighted by Gasteiger charge is -2.03. The average Bonchev–Trinajstić information content (AvgIpc) is 2.51. The van der Waals surface area contributed by atoms with Crippen molar-refractivity contribution in [2.45, 2.75) is 0 Å². The summed E-state index contributed by atoms with van der Waals surface area (Å²) in [5.41, 5.74) is 2.40. The van der Waals surface area contributed by atoms with Crippen molar-refractivity contribution in [1.29, 1.82) is 0 Å². The first-order chi connectivity index (χ1) is 10.6. The van der Waals surface area contributed by atoms with Gasteiger partial charge in [0.05, 0.1) is 6.21 Å².